The second-order valence-corrected chi connectivity index (χ2v) is 5.70. The minimum absolute atomic E-state index is 0.0470. The van der Waals surface area contributed by atoms with E-state index < -0.39 is 0 Å². The zero-order chi connectivity index (χ0) is 13.3. The lowest BCUT2D eigenvalue weighted by molar-refractivity contribution is -0.127. The molecule has 0 bridgehead atoms. The average Bonchev–Trinajstić information content (AvgIpc) is 2.41. The number of benzene rings is 1. The van der Waals surface area contributed by atoms with Crippen LogP contribution in [0.3, 0.4) is 0 Å². The average molecular weight is 262 g/mol. The van der Waals surface area contributed by atoms with Gasteiger partial charge < -0.3 is 10.6 Å². The van der Waals surface area contributed by atoms with Crippen molar-refractivity contribution in [2.45, 2.75) is 25.2 Å². The summed E-state index contributed by atoms with van der Waals surface area (Å²) in [5.41, 5.74) is 1.19. The molecule has 0 aromatic heterocycles. The Morgan fingerprint density at radius 1 is 1.16 bits per heavy atom. The molecule has 2 aliphatic rings. The van der Waals surface area contributed by atoms with Crippen LogP contribution in [0.25, 0.3) is 0 Å². The van der Waals surface area contributed by atoms with E-state index in [0.717, 1.165) is 31.5 Å². The van der Waals surface area contributed by atoms with Crippen molar-refractivity contribution in [3.05, 3.63) is 35.6 Å². The maximum atomic E-state index is 13.1. The maximum absolute atomic E-state index is 13.1. The topological polar surface area (TPSA) is 41.1 Å². The summed E-state index contributed by atoms with van der Waals surface area (Å²) in [5.74, 6) is 0.246. The van der Waals surface area contributed by atoms with E-state index in [9.17, 15) is 9.18 Å². The van der Waals surface area contributed by atoms with E-state index in [2.05, 4.69) is 10.6 Å². The fourth-order valence-electron chi connectivity index (χ4n) is 3.55. The van der Waals surface area contributed by atoms with Crippen molar-refractivity contribution >= 4 is 5.91 Å². The lowest BCUT2D eigenvalue weighted by Crippen LogP contribution is -2.51. The van der Waals surface area contributed by atoms with Gasteiger partial charge in [0.2, 0.25) is 5.91 Å². The van der Waals surface area contributed by atoms with Gasteiger partial charge in [-0.3, -0.25) is 4.79 Å². The number of piperidine rings is 2. The lowest BCUT2D eigenvalue weighted by Gasteiger charge is -2.46. The van der Waals surface area contributed by atoms with E-state index in [1.54, 1.807) is 0 Å². The number of halogens is 1. The third-order valence-corrected chi connectivity index (χ3v) is 4.63. The molecule has 2 aliphatic heterocycles. The van der Waals surface area contributed by atoms with E-state index in [0.29, 0.717) is 18.9 Å². The first-order valence-corrected chi connectivity index (χ1v) is 6.92. The zero-order valence-electron chi connectivity index (χ0n) is 10.9. The summed E-state index contributed by atoms with van der Waals surface area (Å²) >= 11 is 0. The van der Waals surface area contributed by atoms with Gasteiger partial charge in [0.05, 0.1) is 0 Å². The number of hydrogen-bond acceptors (Lipinski definition) is 2. The summed E-state index contributed by atoms with van der Waals surface area (Å²) in [4.78, 5) is 11.8. The molecule has 3 nitrogen and oxygen atoms in total. The summed E-state index contributed by atoms with van der Waals surface area (Å²) in [6, 6.07) is 6.75. The van der Waals surface area contributed by atoms with Crippen molar-refractivity contribution in [3.8, 4) is 0 Å². The molecule has 4 heteroatoms. The van der Waals surface area contributed by atoms with E-state index in [-0.39, 0.29) is 17.1 Å². The van der Waals surface area contributed by atoms with Gasteiger partial charge in [0.15, 0.2) is 0 Å². The van der Waals surface area contributed by atoms with Crippen molar-refractivity contribution in [1.29, 1.82) is 0 Å². The van der Waals surface area contributed by atoms with Gasteiger partial charge in [-0.1, -0.05) is 12.1 Å². The van der Waals surface area contributed by atoms with Crippen molar-refractivity contribution < 1.29 is 9.18 Å². The zero-order valence-corrected chi connectivity index (χ0v) is 10.9. The first-order valence-electron chi connectivity index (χ1n) is 6.92. The standard InChI is InChI=1S/C15H19FN2O/c16-12-3-1-11(2-4-12)13-10-18-14(19)9-15(13)5-7-17-8-6-15/h1-4,13,17H,5-10H2,(H,18,19)/t13-/m1/s1. The molecule has 1 atom stereocenters. The number of carbonyl (C=O) groups is 1. The molecule has 0 aliphatic carbocycles. The summed E-state index contributed by atoms with van der Waals surface area (Å²) < 4.78 is 13.1. The Bertz CT molecular complexity index is 466. The Labute approximate surface area is 112 Å². The fourth-order valence-corrected chi connectivity index (χ4v) is 3.55. The molecule has 1 aromatic rings. The van der Waals surface area contributed by atoms with Crippen LogP contribution in [0.2, 0.25) is 0 Å². The van der Waals surface area contributed by atoms with Gasteiger partial charge in [0.25, 0.3) is 0 Å². The van der Waals surface area contributed by atoms with Crippen LogP contribution in [0.4, 0.5) is 4.39 Å². The highest BCUT2D eigenvalue weighted by molar-refractivity contribution is 5.78. The van der Waals surface area contributed by atoms with Crippen molar-refractivity contribution in [2.75, 3.05) is 19.6 Å². The Morgan fingerprint density at radius 2 is 1.84 bits per heavy atom. The molecule has 19 heavy (non-hydrogen) atoms. The van der Waals surface area contributed by atoms with Crippen molar-refractivity contribution in [1.82, 2.24) is 10.6 Å². The van der Waals surface area contributed by atoms with Gasteiger partial charge in [-0.15, -0.1) is 0 Å². The van der Waals surface area contributed by atoms with Gasteiger partial charge in [-0.25, -0.2) is 4.39 Å². The van der Waals surface area contributed by atoms with E-state index in [4.69, 9.17) is 0 Å². The van der Waals surface area contributed by atoms with Crippen LogP contribution in [-0.4, -0.2) is 25.5 Å². The predicted octanol–water partition coefficient (Wildman–Crippen LogP) is 1.80. The molecular weight excluding hydrogens is 243 g/mol. The SMILES string of the molecule is O=C1CC2(CCNCC2)[C@@H](c2ccc(F)cc2)CN1. The van der Waals surface area contributed by atoms with Crippen LogP contribution in [0.15, 0.2) is 24.3 Å². The van der Waals surface area contributed by atoms with Crippen LogP contribution in [-0.2, 0) is 4.79 Å². The number of rotatable bonds is 1. The molecule has 2 heterocycles. The Morgan fingerprint density at radius 3 is 2.53 bits per heavy atom. The molecule has 2 N–H and O–H groups in total. The first kappa shape index (κ1) is 12.6. The Balaban J connectivity index is 1.92. The second-order valence-electron chi connectivity index (χ2n) is 5.70. The minimum Gasteiger partial charge on any atom is -0.355 e. The molecular formula is C15H19FN2O. The molecule has 2 saturated heterocycles. The predicted molar refractivity (Wildman–Crippen MR) is 71.3 cm³/mol. The Hall–Kier alpha value is -1.42. The highest BCUT2D eigenvalue weighted by Crippen LogP contribution is 2.47. The number of amides is 1. The van der Waals surface area contributed by atoms with E-state index in [1.165, 1.54) is 12.1 Å². The third kappa shape index (κ3) is 2.37. The van der Waals surface area contributed by atoms with Crippen LogP contribution < -0.4 is 10.6 Å². The molecule has 3 rings (SSSR count). The smallest absolute Gasteiger partial charge is 0.220 e. The summed E-state index contributed by atoms with van der Waals surface area (Å²) in [6.45, 7) is 2.60. The molecule has 0 saturated carbocycles. The fraction of sp³-hybridized carbons (Fsp3) is 0.533. The van der Waals surface area contributed by atoms with Gasteiger partial charge >= 0.3 is 0 Å². The van der Waals surface area contributed by atoms with Crippen LogP contribution >= 0.6 is 0 Å². The van der Waals surface area contributed by atoms with Gasteiger partial charge in [0, 0.05) is 18.9 Å². The molecule has 2 fully saturated rings. The summed E-state index contributed by atoms with van der Waals surface area (Å²) in [5, 5.41) is 6.32. The maximum Gasteiger partial charge on any atom is 0.220 e. The second kappa shape index (κ2) is 4.93. The molecule has 1 aromatic carbocycles. The summed E-state index contributed by atoms with van der Waals surface area (Å²) in [7, 11) is 0. The highest BCUT2D eigenvalue weighted by Gasteiger charge is 2.44. The van der Waals surface area contributed by atoms with Crippen LogP contribution in [0.5, 0.6) is 0 Å². The van der Waals surface area contributed by atoms with E-state index >= 15 is 0 Å². The van der Waals surface area contributed by atoms with Crippen LogP contribution in [0.1, 0.15) is 30.7 Å². The lowest BCUT2D eigenvalue weighted by atomic mass is 9.63. The summed E-state index contributed by atoms with van der Waals surface area (Å²) in [6.07, 6.45) is 2.63. The van der Waals surface area contributed by atoms with Gasteiger partial charge in [-0.2, -0.15) is 0 Å². The molecule has 1 spiro atoms. The normalized spacial score (nSPS) is 26.2. The van der Waals surface area contributed by atoms with Crippen molar-refractivity contribution in [3.63, 3.8) is 0 Å². The molecule has 1 amide bonds. The number of hydrogen-bond donors (Lipinski definition) is 2. The molecule has 0 radical (unpaired) electrons. The largest absolute Gasteiger partial charge is 0.355 e. The minimum atomic E-state index is -0.206. The number of carbonyl (C=O) groups excluding carboxylic acids is 1. The molecule has 0 unspecified atom stereocenters. The quantitative estimate of drug-likeness (QED) is 0.810. The van der Waals surface area contributed by atoms with Crippen LogP contribution in [0, 0.1) is 11.2 Å². The van der Waals surface area contributed by atoms with Gasteiger partial charge in [0.1, 0.15) is 5.82 Å². The number of nitrogens with one attached hydrogen (secondary N) is 2. The highest BCUT2D eigenvalue weighted by atomic mass is 19.1. The van der Waals surface area contributed by atoms with Crippen molar-refractivity contribution in [2.24, 2.45) is 5.41 Å². The molecule has 102 valence electrons. The first-order chi connectivity index (χ1) is 9.20. The van der Waals surface area contributed by atoms with Gasteiger partial charge in [-0.05, 0) is 49.0 Å². The Kier molecular flexibility index (Phi) is 3.27. The monoisotopic (exact) mass is 262 g/mol. The third-order valence-electron chi connectivity index (χ3n) is 4.63. The van der Waals surface area contributed by atoms with E-state index in [1.807, 2.05) is 12.1 Å².